The summed E-state index contributed by atoms with van der Waals surface area (Å²) in [5, 5.41) is 0.538. The first-order valence-corrected chi connectivity index (χ1v) is 7.10. The summed E-state index contributed by atoms with van der Waals surface area (Å²) in [6.07, 6.45) is 1.54. The van der Waals surface area contributed by atoms with Gasteiger partial charge in [-0.15, -0.1) is 0 Å². The van der Waals surface area contributed by atoms with E-state index in [0.717, 1.165) is 0 Å². The van der Waals surface area contributed by atoms with Crippen molar-refractivity contribution in [3.63, 3.8) is 0 Å². The van der Waals surface area contributed by atoms with Crippen LogP contribution in [0.25, 0.3) is 0 Å². The number of hydrogen-bond acceptors (Lipinski definition) is 4. The van der Waals surface area contributed by atoms with Gasteiger partial charge >= 0.3 is 0 Å². The molecule has 6 heteroatoms. The van der Waals surface area contributed by atoms with Gasteiger partial charge in [0.15, 0.2) is 5.78 Å². The van der Waals surface area contributed by atoms with Gasteiger partial charge in [-0.05, 0) is 30.3 Å². The Bertz CT molecular complexity index is 748. The maximum atomic E-state index is 12.2. The van der Waals surface area contributed by atoms with E-state index in [1.807, 2.05) is 0 Å². The molecular formula is C16H13ClN2O3. The molecule has 1 saturated heterocycles. The van der Waals surface area contributed by atoms with Gasteiger partial charge in [-0.1, -0.05) is 17.7 Å². The fourth-order valence-corrected chi connectivity index (χ4v) is 2.57. The van der Waals surface area contributed by atoms with E-state index in [0.29, 0.717) is 22.2 Å². The number of rotatable bonds is 3. The highest BCUT2D eigenvalue weighted by molar-refractivity contribution is 6.30. The number of aromatic nitrogens is 1. The number of halogens is 1. The molecule has 0 saturated carbocycles. The minimum atomic E-state index is -0.902. The molecule has 5 nitrogen and oxygen atoms in total. The Morgan fingerprint density at radius 3 is 2.77 bits per heavy atom. The van der Waals surface area contributed by atoms with E-state index in [2.05, 4.69) is 4.98 Å². The summed E-state index contributed by atoms with van der Waals surface area (Å²) in [7, 11) is 1.60. The Morgan fingerprint density at radius 1 is 1.27 bits per heavy atom. The number of hydrogen-bond donors (Lipinski definition) is 0. The molecule has 0 aliphatic carbocycles. The van der Waals surface area contributed by atoms with Crippen LogP contribution in [0.5, 0.6) is 11.5 Å². The van der Waals surface area contributed by atoms with Gasteiger partial charge in [0, 0.05) is 18.3 Å². The highest BCUT2D eigenvalue weighted by atomic mass is 35.5. The Morgan fingerprint density at radius 2 is 2.09 bits per heavy atom. The number of pyridine rings is 1. The molecule has 1 atom stereocenters. The number of Topliss-reactive ketones (excluding diaryl/α,β-unsaturated/α-hetero) is 1. The van der Waals surface area contributed by atoms with Crippen LogP contribution in [-0.4, -0.2) is 35.2 Å². The van der Waals surface area contributed by atoms with Gasteiger partial charge < -0.3 is 9.64 Å². The number of amides is 1. The SMILES string of the molecule is CN1CC(=O)C(c2ncccc2Oc2cccc(Cl)c2)C1=O. The van der Waals surface area contributed by atoms with E-state index in [4.69, 9.17) is 16.3 Å². The minimum Gasteiger partial charge on any atom is -0.455 e. The van der Waals surface area contributed by atoms with Crippen LogP contribution in [0.2, 0.25) is 5.02 Å². The minimum absolute atomic E-state index is 0.0939. The van der Waals surface area contributed by atoms with Crippen LogP contribution < -0.4 is 4.74 Å². The predicted molar refractivity (Wildman–Crippen MR) is 81.1 cm³/mol. The number of likely N-dealkylation sites (N-methyl/N-ethyl adjacent to an activating group) is 1. The lowest BCUT2D eigenvalue weighted by atomic mass is 10.0. The second kappa shape index (κ2) is 5.77. The molecule has 1 aliphatic rings. The van der Waals surface area contributed by atoms with Gasteiger partial charge in [0.25, 0.3) is 0 Å². The fraction of sp³-hybridized carbons (Fsp3) is 0.188. The van der Waals surface area contributed by atoms with Gasteiger partial charge in [-0.2, -0.15) is 0 Å². The normalized spacial score (nSPS) is 17.9. The molecule has 0 radical (unpaired) electrons. The van der Waals surface area contributed by atoms with Crippen LogP contribution in [0.15, 0.2) is 42.6 Å². The van der Waals surface area contributed by atoms with Crippen molar-refractivity contribution >= 4 is 23.3 Å². The number of benzene rings is 1. The topological polar surface area (TPSA) is 59.5 Å². The van der Waals surface area contributed by atoms with Gasteiger partial charge in [-0.3, -0.25) is 14.6 Å². The third-order valence-corrected chi connectivity index (χ3v) is 3.67. The number of ether oxygens (including phenoxy) is 1. The first-order chi connectivity index (χ1) is 10.6. The fourth-order valence-electron chi connectivity index (χ4n) is 2.39. The number of likely N-dealkylation sites (tertiary alicyclic amines) is 1. The van der Waals surface area contributed by atoms with Crippen molar-refractivity contribution in [2.75, 3.05) is 13.6 Å². The average Bonchev–Trinajstić information content (AvgIpc) is 2.73. The van der Waals surface area contributed by atoms with E-state index in [9.17, 15) is 9.59 Å². The first kappa shape index (κ1) is 14.5. The smallest absolute Gasteiger partial charge is 0.239 e. The largest absolute Gasteiger partial charge is 0.455 e. The molecule has 3 rings (SSSR count). The van der Waals surface area contributed by atoms with Gasteiger partial charge in [0.1, 0.15) is 23.1 Å². The summed E-state index contributed by atoms with van der Waals surface area (Å²) in [6.45, 7) is 0.0939. The van der Waals surface area contributed by atoms with Gasteiger partial charge in [0.2, 0.25) is 5.91 Å². The monoisotopic (exact) mass is 316 g/mol. The van der Waals surface area contributed by atoms with Crippen LogP contribution in [0.4, 0.5) is 0 Å². The van der Waals surface area contributed by atoms with Crippen molar-refractivity contribution < 1.29 is 14.3 Å². The van der Waals surface area contributed by atoms with Crippen molar-refractivity contribution in [2.24, 2.45) is 0 Å². The molecule has 2 heterocycles. The summed E-state index contributed by atoms with van der Waals surface area (Å²) >= 11 is 5.93. The molecule has 1 aliphatic heterocycles. The van der Waals surface area contributed by atoms with E-state index < -0.39 is 5.92 Å². The zero-order valence-corrected chi connectivity index (χ0v) is 12.6. The Labute approximate surface area is 132 Å². The summed E-state index contributed by atoms with van der Waals surface area (Å²) in [5.41, 5.74) is 0.335. The Balaban J connectivity index is 1.97. The molecule has 1 fully saturated rings. The summed E-state index contributed by atoms with van der Waals surface area (Å²) in [4.78, 5) is 29.8. The lowest BCUT2D eigenvalue weighted by Crippen LogP contribution is -2.22. The molecule has 0 bridgehead atoms. The van der Waals surface area contributed by atoms with E-state index in [1.54, 1.807) is 49.6 Å². The molecule has 0 N–H and O–H groups in total. The lowest BCUT2D eigenvalue weighted by molar-refractivity contribution is -0.128. The number of nitrogens with zero attached hydrogens (tertiary/aromatic N) is 2. The molecular weight excluding hydrogens is 304 g/mol. The van der Waals surface area contributed by atoms with Crippen LogP contribution in [0, 0.1) is 0 Å². The van der Waals surface area contributed by atoms with Gasteiger partial charge in [-0.25, -0.2) is 0 Å². The van der Waals surface area contributed by atoms with Crippen LogP contribution in [-0.2, 0) is 9.59 Å². The predicted octanol–water partition coefficient (Wildman–Crippen LogP) is 2.65. The standard InChI is InChI=1S/C16H13ClN2O3/c1-19-9-12(20)14(16(19)21)15-13(6-3-7-18-15)22-11-5-2-4-10(17)8-11/h2-8,14H,9H2,1H3. The van der Waals surface area contributed by atoms with Crippen molar-refractivity contribution in [1.29, 1.82) is 0 Å². The third-order valence-electron chi connectivity index (χ3n) is 3.44. The molecule has 1 amide bonds. The van der Waals surface area contributed by atoms with Crippen LogP contribution in [0.3, 0.4) is 0 Å². The van der Waals surface area contributed by atoms with Crippen molar-refractivity contribution in [2.45, 2.75) is 5.92 Å². The second-order valence-corrected chi connectivity index (χ2v) is 5.48. The number of carbonyl (C=O) groups excluding carboxylic acids is 2. The second-order valence-electron chi connectivity index (χ2n) is 5.04. The number of carbonyl (C=O) groups is 2. The Kier molecular flexibility index (Phi) is 3.81. The quantitative estimate of drug-likeness (QED) is 0.817. The summed E-state index contributed by atoms with van der Waals surface area (Å²) in [5.74, 6) is -0.443. The zero-order valence-electron chi connectivity index (χ0n) is 11.8. The maximum Gasteiger partial charge on any atom is 0.239 e. The lowest BCUT2D eigenvalue weighted by Gasteiger charge is -2.13. The maximum absolute atomic E-state index is 12.2. The van der Waals surface area contributed by atoms with E-state index in [1.165, 1.54) is 4.90 Å². The third kappa shape index (κ3) is 2.67. The highest BCUT2D eigenvalue weighted by Gasteiger charge is 2.41. The zero-order chi connectivity index (χ0) is 15.7. The van der Waals surface area contributed by atoms with Crippen molar-refractivity contribution in [1.82, 2.24) is 9.88 Å². The van der Waals surface area contributed by atoms with E-state index in [-0.39, 0.29) is 18.2 Å². The summed E-state index contributed by atoms with van der Waals surface area (Å²) < 4.78 is 5.76. The van der Waals surface area contributed by atoms with Crippen molar-refractivity contribution in [3.8, 4) is 11.5 Å². The summed E-state index contributed by atoms with van der Waals surface area (Å²) in [6, 6.07) is 10.3. The molecule has 1 aromatic heterocycles. The van der Waals surface area contributed by atoms with E-state index >= 15 is 0 Å². The van der Waals surface area contributed by atoms with Crippen LogP contribution >= 0.6 is 11.6 Å². The van der Waals surface area contributed by atoms with Crippen molar-refractivity contribution in [3.05, 3.63) is 53.3 Å². The molecule has 2 aromatic rings. The molecule has 112 valence electrons. The van der Waals surface area contributed by atoms with Gasteiger partial charge in [0.05, 0.1) is 6.54 Å². The highest BCUT2D eigenvalue weighted by Crippen LogP contribution is 2.33. The number of ketones is 1. The molecule has 1 unspecified atom stereocenters. The average molecular weight is 317 g/mol. The molecule has 0 spiro atoms. The molecule has 1 aromatic carbocycles. The van der Waals surface area contributed by atoms with Crippen LogP contribution in [0.1, 0.15) is 11.6 Å². The Hall–Kier alpha value is -2.40. The molecule has 22 heavy (non-hydrogen) atoms. The first-order valence-electron chi connectivity index (χ1n) is 6.72.